The Balaban J connectivity index is 2.33. The summed E-state index contributed by atoms with van der Waals surface area (Å²) >= 11 is 0. The first-order valence-corrected chi connectivity index (χ1v) is 7.34. The van der Waals surface area contributed by atoms with Crippen molar-refractivity contribution in [3.8, 4) is 0 Å². The maximum Gasteiger partial charge on any atom is 0.332 e. The fourth-order valence-corrected chi connectivity index (χ4v) is 2.75. The molecule has 0 aliphatic carbocycles. The minimum Gasteiger partial charge on any atom is -0.383 e. The van der Waals surface area contributed by atoms with Gasteiger partial charge >= 0.3 is 5.69 Å². The van der Waals surface area contributed by atoms with Crippen molar-refractivity contribution in [1.29, 1.82) is 0 Å². The van der Waals surface area contributed by atoms with Gasteiger partial charge in [-0.25, -0.2) is 9.78 Å². The van der Waals surface area contributed by atoms with Gasteiger partial charge < -0.3 is 19.1 Å². The van der Waals surface area contributed by atoms with Gasteiger partial charge in [-0.05, 0) is 13.8 Å². The fourth-order valence-electron chi connectivity index (χ4n) is 2.75. The average molecular weight is 324 g/mol. The van der Waals surface area contributed by atoms with E-state index in [0.29, 0.717) is 13.2 Å². The molecule has 1 N–H and O–H groups in total. The highest BCUT2D eigenvalue weighted by Crippen LogP contribution is 2.23. The Morgan fingerprint density at radius 1 is 1.22 bits per heavy atom. The van der Waals surface area contributed by atoms with Crippen LogP contribution in [0.3, 0.4) is 0 Å². The fraction of sp³-hybridized carbons (Fsp3) is 0.643. The first-order chi connectivity index (χ1) is 10.7. The quantitative estimate of drug-likeness (QED) is 0.780. The monoisotopic (exact) mass is 324 g/mol. The van der Waals surface area contributed by atoms with E-state index >= 15 is 0 Å². The summed E-state index contributed by atoms with van der Waals surface area (Å²) in [4.78, 5) is 29.0. The third kappa shape index (κ3) is 2.50. The lowest BCUT2D eigenvalue weighted by Gasteiger charge is -2.20. The minimum atomic E-state index is -1.29. The topological polar surface area (TPSA) is 101 Å². The molecule has 9 heteroatoms. The zero-order chi connectivity index (χ0) is 16.9. The molecule has 0 atom stereocenters. The Kier molecular flexibility index (Phi) is 3.66. The van der Waals surface area contributed by atoms with E-state index < -0.39 is 23.1 Å². The molecule has 3 rings (SSSR count). The number of aromatic nitrogens is 4. The van der Waals surface area contributed by atoms with Gasteiger partial charge in [-0.1, -0.05) is 0 Å². The predicted octanol–water partition coefficient (Wildman–Crippen LogP) is -0.966. The van der Waals surface area contributed by atoms with E-state index in [9.17, 15) is 14.7 Å². The van der Waals surface area contributed by atoms with Crippen LogP contribution in [0.1, 0.15) is 19.7 Å². The van der Waals surface area contributed by atoms with Crippen molar-refractivity contribution in [2.75, 3.05) is 13.2 Å². The van der Waals surface area contributed by atoms with Gasteiger partial charge in [0, 0.05) is 14.1 Å². The van der Waals surface area contributed by atoms with Crippen molar-refractivity contribution in [2.45, 2.75) is 32.3 Å². The summed E-state index contributed by atoms with van der Waals surface area (Å²) in [7, 11) is 2.95. The molecule has 1 aliphatic rings. The highest BCUT2D eigenvalue weighted by Gasteiger charge is 2.30. The Bertz CT molecular complexity index is 864. The summed E-state index contributed by atoms with van der Waals surface area (Å²) < 4.78 is 14.8. The van der Waals surface area contributed by atoms with Crippen LogP contribution < -0.4 is 11.2 Å². The molecular formula is C14H20N4O5. The van der Waals surface area contributed by atoms with Crippen LogP contribution in [0.25, 0.3) is 11.2 Å². The number of hydrogen-bond donors (Lipinski definition) is 1. The van der Waals surface area contributed by atoms with Crippen LogP contribution in [0.5, 0.6) is 0 Å². The molecule has 1 saturated heterocycles. The number of fused-ring (bicyclic) bond motifs is 1. The van der Waals surface area contributed by atoms with Crippen molar-refractivity contribution >= 4 is 11.2 Å². The molecule has 1 fully saturated rings. The lowest BCUT2D eigenvalue weighted by molar-refractivity contribution is -0.0543. The molecule has 0 amide bonds. The summed E-state index contributed by atoms with van der Waals surface area (Å²) in [5.41, 5.74) is -1.76. The van der Waals surface area contributed by atoms with Crippen LogP contribution in [0.15, 0.2) is 9.59 Å². The van der Waals surface area contributed by atoms with Crippen molar-refractivity contribution in [3.05, 3.63) is 26.7 Å². The van der Waals surface area contributed by atoms with E-state index in [-0.39, 0.29) is 23.5 Å². The second-order valence-corrected chi connectivity index (χ2v) is 6.15. The van der Waals surface area contributed by atoms with Gasteiger partial charge in [0.2, 0.25) is 0 Å². The van der Waals surface area contributed by atoms with Crippen LogP contribution in [0, 0.1) is 0 Å². The Labute approximate surface area is 131 Å². The summed E-state index contributed by atoms with van der Waals surface area (Å²) in [5, 5.41) is 10.4. The summed E-state index contributed by atoms with van der Waals surface area (Å²) in [6, 6.07) is 0. The molecular weight excluding hydrogens is 304 g/mol. The van der Waals surface area contributed by atoms with Crippen LogP contribution in [-0.4, -0.2) is 43.3 Å². The second kappa shape index (κ2) is 5.29. The lowest BCUT2D eigenvalue weighted by atomic mass is 10.1. The number of hydrogen-bond acceptors (Lipinski definition) is 6. The Hall–Kier alpha value is -1.97. The normalized spacial score (nSPS) is 16.6. The second-order valence-electron chi connectivity index (χ2n) is 6.15. The molecule has 0 spiro atoms. The molecule has 3 heterocycles. The highest BCUT2D eigenvalue weighted by atomic mass is 16.7. The minimum absolute atomic E-state index is 0.212. The molecule has 0 unspecified atom stereocenters. The molecule has 0 radical (unpaired) electrons. The smallest absolute Gasteiger partial charge is 0.332 e. The van der Waals surface area contributed by atoms with E-state index in [0.717, 1.165) is 4.57 Å². The van der Waals surface area contributed by atoms with Crippen molar-refractivity contribution in [1.82, 2.24) is 18.7 Å². The number of aliphatic hydroxyl groups is 1. The Morgan fingerprint density at radius 2 is 1.83 bits per heavy atom. The average Bonchev–Trinajstić information content (AvgIpc) is 3.10. The van der Waals surface area contributed by atoms with Crippen molar-refractivity contribution < 1.29 is 14.6 Å². The standard InChI is InChI=1S/C14H20N4O5/c1-14(2,21)12-15-10-9(11(19)17(4)13(20)16(10)3)18(12)7-8-22-5-6-23-8/h8,21H,5-7H2,1-4H3. The summed E-state index contributed by atoms with van der Waals surface area (Å²) in [6.45, 7) is 4.31. The molecule has 9 nitrogen and oxygen atoms in total. The number of rotatable bonds is 3. The molecule has 23 heavy (non-hydrogen) atoms. The molecule has 0 aromatic carbocycles. The van der Waals surface area contributed by atoms with Crippen LogP contribution >= 0.6 is 0 Å². The lowest BCUT2D eigenvalue weighted by Crippen LogP contribution is -2.38. The number of ether oxygens (including phenoxy) is 2. The maximum atomic E-state index is 12.6. The highest BCUT2D eigenvalue weighted by molar-refractivity contribution is 5.71. The SMILES string of the molecule is Cn1c(=O)c2c(nc(C(C)(C)O)n2CC2OCCO2)n(C)c1=O. The van der Waals surface area contributed by atoms with Gasteiger partial charge in [-0.3, -0.25) is 13.9 Å². The van der Waals surface area contributed by atoms with Crippen LogP contribution in [0.4, 0.5) is 0 Å². The maximum absolute atomic E-state index is 12.6. The first kappa shape index (κ1) is 15.9. The number of nitrogens with zero attached hydrogens (tertiary/aromatic N) is 4. The summed E-state index contributed by atoms with van der Waals surface area (Å²) in [5.74, 6) is 0.282. The zero-order valence-electron chi connectivity index (χ0n) is 13.6. The van der Waals surface area contributed by atoms with E-state index in [1.807, 2.05) is 0 Å². The zero-order valence-corrected chi connectivity index (χ0v) is 13.6. The van der Waals surface area contributed by atoms with Crippen LogP contribution in [-0.2, 0) is 35.7 Å². The first-order valence-electron chi connectivity index (χ1n) is 7.34. The number of imidazole rings is 1. The van der Waals surface area contributed by atoms with E-state index in [1.165, 1.54) is 18.7 Å². The number of aryl methyl sites for hydroxylation is 1. The summed E-state index contributed by atoms with van der Waals surface area (Å²) in [6.07, 6.45) is -0.518. The van der Waals surface area contributed by atoms with E-state index in [1.54, 1.807) is 18.4 Å². The molecule has 0 saturated carbocycles. The van der Waals surface area contributed by atoms with Crippen LogP contribution in [0.2, 0.25) is 0 Å². The molecule has 2 aromatic heterocycles. The predicted molar refractivity (Wildman–Crippen MR) is 81.2 cm³/mol. The molecule has 0 bridgehead atoms. The van der Waals surface area contributed by atoms with E-state index in [2.05, 4.69) is 4.98 Å². The van der Waals surface area contributed by atoms with Gasteiger partial charge in [0.15, 0.2) is 17.5 Å². The van der Waals surface area contributed by atoms with Crippen molar-refractivity contribution in [2.24, 2.45) is 14.1 Å². The molecule has 126 valence electrons. The van der Waals surface area contributed by atoms with Gasteiger partial charge in [-0.2, -0.15) is 0 Å². The van der Waals surface area contributed by atoms with E-state index in [4.69, 9.17) is 9.47 Å². The van der Waals surface area contributed by atoms with Gasteiger partial charge in [0.1, 0.15) is 11.4 Å². The molecule has 1 aliphatic heterocycles. The third-order valence-electron chi connectivity index (χ3n) is 3.92. The van der Waals surface area contributed by atoms with Gasteiger partial charge in [0.25, 0.3) is 5.56 Å². The largest absolute Gasteiger partial charge is 0.383 e. The third-order valence-corrected chi connectivity index (χ3v) is 3.92. The Morgan fingerprint density at radius 3 is 2.39 bits per heavy atom. The van der Waals surface area contributed by atoms with Crippen molar-refractivity contribution in [3.63, 3.8) is 0 Å². The van der Waals surface area contributed by atoms with Gasteiger partial charge in [-0.15, -0.1) is 0 Å². The van der Waals surface area contributed by atoms with Gasteiger partial charge in [0.05, 0.1) is 19.8 Å². The molecule has 2 aromatic rings.